The van der Waals surface area contributed by atoms with E-state index in [2.05, 4.69) is 10.9 Å². The summed E-state index contributed by atoms with van der Waals surface area (Å²) in [4.78, 5) is 11.8. The average Bonchev–Trinajstić information content (AvgIpc) is 2.90. The first kappa shape index (κ1) is 23.8. The third-order valence-electron chi connectivity index (χ3n) is 5.51. The molecule has 1 fully saturated rings. The van der Waals surface area contributed by atoms with Crippen LogP contribution in [-0.4, -0.2) is 24.0 Å². The Morgan fingerprint density at radius 2 is 1.53 bits per heavy atom. The van der Waals surface area contributed by atoms with Crippen molar-refractivity contribution in [3.8, 4) is 0 Å². The second-order valence-corrected chi connectivity index (χ2v) is 9.91. The van der Waals surface area contributed by atoms with E-state index in [1.54, 1.807) is 47.5 Å². The van der Waals surface area contributed by atoms with Gasteiger partial charge in [0.2, 0.25) is 0 Å². The topological polar surface area (TPSA) is 47.6 Å². The van der Waals surface area contributed by atoms with Gasteiger partial charge in [-0.25, -0.2) is 5.01 Å². The number of benzene rings is 2. The summed E-state index contributed by atoms with van der Waals surface area (Å²) >= 11 is 32.6. The fourth-order valence-electron chi connectivity index (χ4n) is 3.85. The molecule has 0 bridgehead atoms. The highest BCUT2D eigenvalue weighted by Gasteiger charge is 2.50. The molecule has 5 nitrogen and oxygen atoms in total. The maximum absolute atomic E-state index is 13.2. The lowest BCUT2D eigenvalue weighted by molar-refractivity contribution is -0.122. The molecule has 2 heterocycles. The second kappa shape index (κ2) is 9.88. The number of anilines is 1. The van der Waals surface area contributed by atoms with Gasteiger partial charge in [0.05, 0.1) is 15.7 Å². The van der Waals surface area contributed by atoms with Gasteiger partial charge in [-0.15, -0.1) is 0 Å². The van der Waals surface area contributed by atoms with Crippen molar-refractivity contribution in [1.29, 1.82) is 0 Å². The predicted molar refractivity (Wildman–Crippen MR) is 132 cm³/mol. The number of rotatable bonds is 4. The van der Waals surface area contributed by atoms with Gasteiger partial charge in [0.1, 0.15) is 5.70 Å². The lowest BCUT2D eigenvalue weighted by Crippen LogP contribution is -2.48. The molecule has 2 N–H and O–H groups in total. The molecule has 0 saturated carbocycles. The molecule has 170 valence electrons. The quantitative estimate of drug-likeness (QED) is 0.351. The molecule has 2 aliphatic heterocycles. The summed E-state index contributed by atoms with van der Waals surface area (Å²) in [5.41, 5.74) is 7.30. The van der Waals surface area contributed by atoms with Crippen molar-refractivity contribution in [2.75, 3.05) is 18.1 Å². The number of hydrogen-bond acceptors (Lipinski definition) is 4. The Morgan fingerprint density at radius 3 is 2.16 bits per heavy atom. The Hall–Kier alpha value is -1.34. The third-order valence-corrected chi connectivity index (χ3v) is 7.44. The maximum atomic E-state index is 13.2. The highest BCUT2D eigenvalue weighted by molar-refractivity contribution is 6.43. The van der Waals surface area contributed by atoms with E-state index in [9.17, 15) is 4.79 Å². The molecule has 2 aromatic rings. The van der Waals surface area contributed by atoms with Crippen LogP contribution >= 0.6 is 58.0 Å². The van der Waals surface area contributed by atoms with Crippen LogP contribution < -0.4 is 15.9 Å². The largest absolute Gasteiger partial charge is 0.290 e. The van der Waals surface area contributed by atoms with Crippen LogP contribution in [0, 0.1) is 0 Å². The summed E-state index contributed by atoms with van der Waals surface area (Å²) in [6.45, 7) is 1.57. The molecular weight excluding hydrogens is 514 g/mol. The Balaban J connectivity index is 1.73. The molecule has 1 saturated heterocycles. The number of hydrazine groups is 2. The van der Waals surface area contributed by atoms with Crippen molar-refractivity contribution in [1.82, 2.24) is 15.9 Å². The highest BCUT2D eigenvalue weighted by Crippen LogP contribution is 2.50. The van der Waals surface area contributed by atoms with Crippen molar-refractivity contribution in [3.63, 3.8) is 0 Å². The number of alkyl halides is 1. The van der Waals surface area contributed by atoms with Crippen molar-refractivity contribution in [2.45, 2.75) is 30.7 Å². The average molecular weight is 535 g/mol. The normalized spacial score (nSPS) is 22.0. The Morgan fingerprint density at radius 1 is 0.906 bits per heavy atom. The van der Waals surface area contributed by atoms with E-state index in [0.29, 0.717) is 26.3 Å². The first-order valence-corrected chi connectivity index (χ1v) is 12.1. The van der Waals surface area contributed by atoms with Crippen LogP contribution in [0.5, 0.6) is 0 Å². The molecule has 2 aliphatic rings. The van der Waals surface area contributed by atoms with Gasteiger partial charge in [0, 0.05) is 28.7 Å². The summed E-state index contributed by atoms with van der Waals surface area (Å²) in [7, 11) is 0. The summed E-state index contributed by atoms with van der Waals surface area (Å²) in [5, 5.41) is 4.99. The Bertz CT molecular complexity index is 1040. The van der Waals surface area contributed by atoms with E-state index < -0.39 is 5.00 Å². The van der Waals surface area contributed by atoms with Crippen LogP contribution in [0.1, 0.15) is 31.2 Å². The van der Waals surface area contributed by atoms with E-state index in [1.807, 2.05) is 5.01 Å². The van der Waals surface area contributed by atoms with Gasteiger partial charge in [-0.05, 0) is 43.2 Å². The molecule has 0 aliphatic carbocycles. The SMILES string of the molecule is O=C(NN1CCCCCC1)C1=C(Cl)C(Cl)(c2ccc(Cl)cc2)N(c2ccc(Cl)cc2Cl)N1. The number of amides is 1. The zero-order valence-corrected chi connectivity index (χ0v) is 20.8. The van der Waals surface area contributed by atoms with Crippen LogP contribution in [0.3, 0.4) is 0 Å². The molecule has 32 heavy (non-hydrogen) atoms. The van der Waals surface area contributed by atoms with Crippen molar-refractivity contribution in [2.24, 2.45) is 0 Å². The molecule has 1 unspecified atom stereocenters. The third kappa shape index (κ3) is 4.65. The molecule has 0 aromatic heterocycles. The van der Waals surface area contributed by atoms with Crippen LogP contribution in [0.2, 0.25) is 15.1 Å². The number of nitrogens with zero attached hydrogens (tertiary/aromatic N) is 2. The van der Waals surface area contributed by atoms with Crippen LogP contribution in [0.4, 0.5) is 5.69 Å². The van der Waals surface area contributed by atoms with Gasteiger partial charge in [-0.2, -0.15) is 0 Å². The molecular formula is C22H21Cl5N4O. The van der Waals surface area contributed by atoms with E-state index >= 15 is 0 Å². The number of halogens is 5. The molecule has 10 heteroatoms. The van der Waals surface area contributed by atoms with Gasteiger partial charge < -0.3 is 0 Å². The predicted octanol–water partition coefficient (Wildman–Crippen LogP) is 6.42. The summed E-state index contributed by atoms with van der Waals surface area (Å²) in [5.74, 6) is -0.372. The van der Waals surface area contributed by atoms with Gasteiger partial charge in [0.25, 0.3) is 5.91 Å². The molecule has 1 atom stereocenters. The number of hydrogen-bond donors (Lipinski definition) is 2. The summed E-state index contributed by atoms with van der Waals surface area (Å²) < 4.78 is 0. The smallest absolute Gasteiger partial charge is 0.284 e. The summed E-state index contributed by atoms with van der Waals surface area (Å²) in [6.07, 6.45) is 4.35. The first-order valence-electron chi connectivity index (χ1n) is 10.2. The number of nitrogens with one attached hydrogen (secondary N) is 2. The zero-order chi connectivity index (χ0) is 22.9. The standard InChI is InChI=1S/C22H21Cl5N4O/c23-15-7-5-14(6-8-15)22(27)20(26)19(21(32)29-30-11-3-1-2-4-12-30)28-31(22)18-10-9-16(24)13-17(18)25/h5-10,13,28H,1-4,11-12H2,(H,29,32). The Kier molecular flexibility index (Phi) is 7.35. The number of carbonyl (C=O) groups excluding carboxylic acids is 1. The monoisotopic (exact) mass is 532 g/mol. The Labute approximate surface area is 212 Å². The van der Waals surface area contributed by atoms with E-state index in [-0.39, 0.29) is 16.6 Å². The van der Waals surface area contributed by atoms with Crippen molar-refractivity contribution >= 4 is 69.6 Å². The first-order chi connectivity index (χ1) is 15.3. The maximum Gasteiger partial charge on any atom is 0.284 e. The van der Waals surface area contributed by atoms with Crippen LogP contribution in [0.15, 0.2) is 53.2 Å². The van der Waals surface area contributed by atoms with E-state index in [1.165, 1.54) is 0 Å². The molecule has 0 spiro atoms. The van der Waals surface area contributed by atoms with Gasteiger partial charge in [-0.1, -0.05) is 83.0 Å². The minimum Gasteiger partial charge on any atom is -0.290 e. The zero-order valence-electron chi connectivity index (χ0n) is 17.0. The van der Waals surface area contributed by atoms with Gasteiger partial charge in [0.15, 0.2) is 5.00 Å². The molecule has 4 rings (SSSR count). The van der Waals surface area contributed by atoms with Crippen molar-refractivity contribution < 1.29 is 4.79 Å². The lowest BCUT2D eigenvalue weighted by atomic mass is 10.0. The molecule has 2 aromatic carbocycles. The van der Waals surface area contributed by atoms with E-state index in [0.717, 1.165) is 38.8 Å². The van der Waals surface area contributed by atoms with Gasteiger partial charge >= 0.3 is 0 Å². The lowest BCUT2D eigenvalue weighted by Gasteiger charge is -2.35. The highest BCUT2D eigenvalue weighted by atomic mass is 35.5. The van der Waals surface area contributed by atoms with E-state index in [4.69, 9.17) is 58.0 Å². The molecule has 1 amide bonds. The second-order valence-electron chi connectivity index (χ2n) is 7.70. The summed E-state index contributed by atoms with van der Waals surface area (Å²) in [6, 6.07) is 11.9. The fraction of sp³-hybridized carbons (Fsp3) is 0.318. The van der Waals surface area contributed by atoms with Gasteiger partial charge in [-0.3, -0.25) is 20.7 Å². The minimum atomic E-state index is -1.44. The minimum absolute atomic E-state index is 0.125. The number of carbonyl (C=O) groups is 1. The fourth-order valence-corrected chi connectivity index (χ4v) is 5.14. The van der Waals surface area contributed by atoms with Crippen molar-refractivity contribution in [3.05, 3.63) is 73.8 Å². The van der Waals surface area contributed by atoms with Crippen LogP contribution in [-0.2, 0) is 9.79 Å². The molecule has 0 radical (unpaired) electrons. The van der Waals surface area contributed by atoms with Crippen LogP contribution in [0.25, 0.3) is 0 Å².